The summed E-state index contributed by atoms with van der Waals surface area (Å²) in [7, 11) is 5.15. The fourth-order valence-corrected chi connectivity index (χ4v) is 3.00. The first-order chi connectivity index (χ1) is 13.7. The lowest BCUT2D eigenvalue weighted by molar-refractivity contribution is -0.127. The summed E-state index contributed by atoms with van der Waals surface area (Å²) in [5.74, 6) is 1.50. The number of amides is 1. The van der Waals surface area contributed by atoms with E-state index in [0.29, 0.717) is 18.0 Å². The molecule has 164 valence electrons. The summed E-state index contributed by atoms with van der Waals surface area (Å²) in [6.07, 6.45) is 0.858. The van der Waals surface area contributed by atoms with Gasteiger partial charge in [0.2, 0.25) is 5.91 Å². The van der Waals surface area contributed by atoms with Crippen LogP contribution < -0.4 is 15.4 Å². The number of hydrogen-bond donors (Lipinski definition) is 2. The van der Waals surface area contributed by atoms with Crippen LogP contribution in [-0.4, -0.2) is 81.1 Å². The van der Waals surface area contributed by atoms with Crippen LogP contribution in [0.1, 0.15) is 33.3 Å². The van der Waals surface area contributed by atoms with Crippen LogP contribution in [0.3, 0.4) is 0 Å². The van der Waals surface area contributed by atoms with Crippen molar-refractivity contribution in [3.05, 3.63) is 29.8 Å². The van der Waals surface area contributed by atoms with Crippen LogP contribution in [0.4, 0.5) is 0 Å². The van der Waals surface area contributed by atoms with Crippen LogP contribution in [0.5, 0.6) is 5.75 Å². The molecule has 0 aromatic heterocycles. The first-order valence-electron chi connectivity index (χ1n) is 10.4. The van der Waals surface area contributed by atoms with Crippen molar-refractivity contribution in [3.63, 3.8) is 0 Å². The van der Waals surface area contributed by atoms with Crippen molar-refractivity contribution >= 4 is 11.9 Å². The second-order valence-electron chi connectivity index (χ2n) is 7.83. The molecule has 0 atom stereocenters. The Morgan fingerprint density at radius 3 is 2.14 bits per heavy atom. The van der Waals surface area contributed by atoms with Crippen LogP contribution in [0, 0.1) is 0 Å². The average molecular weight is 406 g/mol. The molecule has 0 aliphatic carbocycles. The minimum absolute atomic E-state index is 0.0211. The highest BCUT2D eigenvalue weighted by Gasteiger charge is 2.13. The lowest BCUT2D eigenvalue weighted by Gasteiger charge is -2.30. The summed E-state index contributed by atoms with van der Waals surface area (Å²) in [6.45, 7) is 11.4. The lowest BCUT2D eigenvalue weighted by Crippen LogP contribution is -2.46. The summed E-state index contributed by atoms with van der Waals surface area (Å²) < 4.78 is 5.20. The van der Waals surface area contributed by atoms with Gasteiger partial charge in [-0.25, -0.2) is 4.99 Å². The minimum atomic E-state index is -0.0211. The van der Waals surface area contributed by atoms with Crippen molar-refractivity contribution in [1.82, 2.24) is 20.4 Å². The van der Waals surface area contributed by atoms with E-state index in [9.17, 15) is 4.79 Å². The number of ether oxygens (including phenoxy) is 1. The van der Waals surface area contributed by atoms with E-state index < -0.39 is 0 Å². The van der Waals surface area contributed by atoms with E-state index in [1.165, 1.54) is 5.56 Å². The maximum atomic E-state index is 11.9. The molecule has 0 heterocycles. The highest BCUT2D eigenvalue weighted by Crippen LogP contribution is 2.11. The Hall–Kier alpha value is -2.28. The van der Waals surface area contributed by atoms with Gasteiger partial charge in [-0.3, -0.25) is 9.69 Å². The van der Waals surface area contributed by atoms with Gasteiger partial charge in [-0.1, -0.05) is 12.1 Å². The molecule has 0 spiro atoms. The van der Waals surface area contributed by atoms with E-state index in [1.54, 1.807) is 26.1 Å². The molecular weight excluding hydrogens is 366 g/mol. The SMILES string of the molecule is COc1ccc(CCNC(=NCC(=O)N(C)C)NCCN(C(C)C)C(C)C)cc1. The third kappa shape index (κ3) is 9.65. The quantitative estimate of drug-likeness (QED) is 0.435. The zero-order valence-corrected chi connectivity index (χ0v) is 19.2. The van der Waals surface area contributed by atoms with Crippen molar-refractivity contribution in [2.45, 2.75) is 46.2 Å². The Labute approximate surface area is 176 Å². The maximum Gasteiger partial charge on any atom is 0.243 e. The number of aliphatic imine (C=N–C) groups is 1. The van der Waals surface area contributed by atoms with Crippen LogP contribution in [0.2, 0.25) is 0 Å². The van der Waals surface area contributed by atoms with Gasteiger partial charge in [0.05, 0.1) is 7.11 Å². The molecule has 1 rings (SSSR count). The van der Waals surface area contributed by atoms with Gasteiger partial charge >= 0.3 is 0 Å². The molecule has 0 unspecified atom stereocenters. The van der Waals surface area contributed by atoms with Gasteiger partial charge < -0.3 is 20.3 Å². The molecule has 0 radical (unpaired) electrons. The van der Waals surface area contributed by atoms with Gasteiger partial charge in [0.1, 0.15) is 12.3 Å². The number of rotatable bonds is 11. The number of nitrogens with one attached hydrogen (secondary N) is 2. The van der Waals surface area contributed by atoms with Crippen molar-refractivity contribution < 1.29 is 9.53 Å². The summed E-state index contributed by atoms with van der Waals surface area (Å²) in [5.41, 5.74) is 1.22. The first-order valence-corrected chi connectivity index (χ1v) is 10.4. The van der Waals surface area contributed by atoms with E-state index in [-0.39, 0.29) is 12.5 Å². The van der Waals surface area contributed by atoms with Crippen molar-refractivity contribution in [1.29, 1.82) is 0 Å². The fraction of sp³-hybridized carbons (Fsp3) is 0.636. The minimum Gasteiger partial charge on any atom is -0.497 e. The zero-order chi connectivity index (χ0) is 21.8. The highest BCUT2D eigenvalue weighted by atomic mass is 16.5. The molecule has 0 saturated heterocycles. The smallest absolute Gasteiger partial charge is 0.243 e. The van der Waals surface area contributed by atoms with Gasteiger partial charge in [0.15, 0.2) is 5.96 Å². The molecule has 1 aromatic rings. The fourth-order valence-electron chi connectivity index (χ4n) is 3.00. The van der Waals surface area contributed by atoms with Crippen molar-refractivity contribution in [3.8, 4) is 5.75 Å². The van der Waals surface area contributed by atoms with Crippen LogP contribution >= 0.6 is 0 Å². The number of hydrogen-bond acceptors (Lipinski definition) is 4. The number of likely N-dealkylation sites (N-methyl/N-ethyl adjacent to an activating group) is 1. The van der Waals surface area contributed by atoms with Gasteiger partial charge in [-0.15, -0.1) is 0 Å². The topological polar surface area (TPSA) is 69.2 Å². The van der Waals surface area contributed by atoms with Gasteiger partial charge in [-0.2, -0.15) is 0 Å². The van der Waals surface area contributed by atoms with Crippen LogP contribution in [0.25, 0.3) is 0 Å². The number of guanidine groups is 1. The van der Waals surface area contributed by atoms with E-state index >= 15 is 0 Å². The molecular formula is C22H39N5O2. The Bertz CT molecular complexity index is 619. The average Bonchev–Trinajstić information content (AvgIpc) is 2.68. The molecule has 2 N–H and O–H groups in total. The Kier molecular flexibility index (Phi) is 11.1. The Morgan fingerprint density at radius 2 is 1.62 bits per heavy atom. The number of methoxy groups -OCH3 is 1. The van der Waals surface area contributed by atoms with Crippen LogP contribution in [-0.2, 0) is 11.2 Å². The summed E-state index contributed by atoms with van der Waals surface area (Å²) in [5, 5.41) is 6.71. The normalized spacial score (nSPS) is 11.9. The zero-order valence-electron chi connectivity index (χ0n) is 19.2. The molecule has 0 fully saturated rings. The van der Waals surface area contributed by atoms with Gasteiger partial charge in [-0.05, 0) is 51.8 Å². The molecule has 7 nitrogen and oxygen atoms in total. The van der Waals surface area contributed by atoms with Crippen molar-refractivity contribution in [2.75, 3.05) is 47.4 Å². The second-order valence-corrected chi connectivity index (χ2v) is 7.83. The Balaban J connectivity index is 2.62. The van der Waals surface area contributed by atoms with E-state index in [4.69, 9.17) is 4.74 Å². The van der Waals surface area contributed by atoms with Gasteiger partial charge in [0, 0.05) is 45.8 Å². The van der Waals surface area contributed by atoms with Crippen LogP contribution in [0.15, 0.2) is 29.3 Å². The molecule has 0 bridgehead atoms. The summed E-state index contributed by atoms with van der Waals surface area (Å²) in [4.78, 5) is 20.3. The predicted molar refractivity (Wildman–Crippen MR) is 121 cm³/mol. The van der Waals surface area contributed by atoms with E-state index in [1.807, 2.05) is 12.1 Å². The molecule has 0 saturated carbocycles. The summed E-state index contributed by atoms with van der Waals surface area (Å²) >= 11 is 0. The molecule has 7 heteroatoms. The molecule has 0 aliphatic heterocycles. The molecule has 1 aromatic carbocycles. The second kappa shape index (κ2) is 13.0. The largest absolute Gasteiger partial charge is 0.497 e. The van der Waals surface area contributed by atoms with E-state index in [2.05, 4.69) is 60.4 Å². The highest BCUT2D eigenvalue weighted by molar-refractivity contribution is 5.84. The van der Waals surface area contributed by atoms with Crippen molar-refractivity contribution in [2.24, 2.45) is 4.99 Å². The monoisotopic (exact) mass is 405 g/mol. The summed E-state index contributed by atoms with van der Waals surface area (Å²) in [6, 6.07) is 9.01. The third-order valence-corrected chi connectivity index (χ3v) is 4.73. The number of carbonyl (C=O) groups excluding carboxylic acids is 1. The Morgan fingerprint density at radius 1 is 1.03 bits per heavy atom. The van der Waals surface area contributed by atoms with Gasteiger partial charge in [0.25, 0.3) is 0 Å². The third-order valence-electron chi connectivity index (χ3n) is 4.73. The lowest BCUT2D eigenvalue weighted by atomic mass is 10.1. The van der Waals surface area contributed by atoms with E-state index in [0.717, 1.165) is 31.8 Å². The molecule has 1 amide bonds. The first kappa shape index (κ1) is 24.8. The molecule has 0 aliphatic rings. The number of benzene rings is 1. The molecule has 29 heavy (non-hydrogen) atoms. The number of carbonyl (C=O) groups is 1. The predicted octanol–water partition coefficient (Wildman–Crippen LogP) is 1.98. The maximum absolute atomic E-state index is 11.9. The standard InChI is InChI=1S/C22H39N5O2/c1-17(2)27(18(3)4)15-14-24-22(25-16-21(28)26(5)6)23-13-12-19-8-10-20(29-7)11-9-19/h8-11,17-18H,12-16H2,1-7H3,(H2,23,24,25). The number of nitrogens with zero attached hydrogens (tertiary/aromatic N) is 3.